The Bertz CT molecular complexity index is 397. The molecule has 0 radical (unpaired) electrons. The lowest BCUT2D eigenvalue weighted by Crippen LogP contribution is -2.43. The summed E-state index contributed by atoms with van der Waals surface area (Å²) in [6, 6.07) is 0. The summed E-state index contributed by atoms with van der Waals surface area (Å²) in [6.07, 6.45) is 3.13. The summed E-state index contributed by atoms with van der Waals surface area (Å²) in [7, 11) is -1.25. The van der Waals surface area contributed by atoms with Crippen LogP contribution in [0, 0.1) is 5.92 Å². The molecule has 7 heteroatoms. The van der Waals surface area contributed by atoms with Gasteiger partial charge in [0.2, 0.25) is 10.0 Å². The molecule has 0 spiro atoms. The second-order valence-corrected chi connectivity index (χ2v) is 7.11. The van der Waals surface area contributed by atoms with Crippen LogP contribution in [0.5, 0.6) is 0 Å². The number of sulfonamides is 1. The molecule has 1 saturated heterocycles. The van der Waals surface area contributed by atoms with Gasteiger partial charge in [0, 0.05) is 19.6 Å². The highest BCUT2D eigenvalue weighted by Gasteiger charge is 2.26. The van der Waals surface area contributed by atoms with Gasteiger partial charge in [0.1, 0.15) is 0 Å². The van der Waals surface area contributed by atoms with Crippen molar-refractivity contribution in [1.82, 2.24) is 9.21 Å². The van der Waals surface area contributed by atoms with Crippen LogP contribution in [0.1, 0.15) is 19.8 Å². The van der Waals surface area contributed by atoms with E-state index < -0.39 is 10.0 Å². The molecule has 1 aliphatic rings. The third kappa shape index (κ3) is 5.88. The molecule has 0 bridgehead atoms. The summed E-state index contributed by atoms with van der Waals surface area (Å²) in [5, 5.41) is 0. The number of likely N-dealkylation sites (N-methyl/N-ethyl adjacent to an activating group) is 1. The van der Waals surface area contributed by atoms with Crippen molar-refractivity contribution >= 4 is 16.0 Å². The summed E-state index contributed by atoms with van der Waals surface area (Å²) in [4.78, 5) is 13.2. The molecule has 112 valence electrons. The van der Waals surface area contributed by atoms with Crippen molar-refractivity contribution in [2.24, 2.45) is 5.92 Å². The molecule has 0 N–H and O–H groups in total. The van der Waals surface area contributed by atoms with Crippen LogP contribution in [-0.4, -0.2) is 69.7 Å². The predicted octanol–water partition coefficient (Wildman–Crippen LogP) is 0.153. The Morgan fingerprint density at radius 2 is 2.16 bits per heavy atom. The minimum absolute atomic E-state index is 0.235. The van der Waals surface area contributed by atoms with Crippen molar-refractivity contribution in [1.29, 1.82) is 0 Å². The third-order valence-electron chi connectivity index (χ3n) is 3.22. The lowest BCUT2D eigenvalue weighted by Gasteiger charge is -2.33. The lowest BCUT2D eigenvalue weighted by molar-refractivity contribution is -0.144. The van der Waals surface area contributed by atoms with Crippen LogP contribution in [0.4, 0.5) is 0 Å². The lowest BCUT2D eigenvalue weighted by atomic mass is 9.99. The monoisotopic (exact) mass is 292 g/mol. The zero-order valence-corrected chi connectivity index (χ0v) is 12.8. The van der Waals surface area contributed by atoms with E-state index in [1.165, 1.54) is 10.6 Å². The maximum absolute atomic E-state index is 11.5. The fourth-order valence-electron chi connectivity index (χ4n) is 2.41. The van der Waals surface area contributed by atoms with Gasteiger partial charge >= 0.3 is 5.97 Å². The van der Waals surface area contributed by atoms with E-state index in [0.29, 0.717) is 26.2 Å². The molecule has 6 nitrogen and oxygen atoms in total. The molecule has 0 saturated carbocycles. The molecule has 0 aromatic heterocycles. The van der Waals surface area contributed by atoms with Crippen LogP contribution >= 0.6 is 0 Å². The first-order valence-corrected chi connectivity index (χ1v) is 8.47. The molecule has 0 aromatic carbocycles. The van der Waals surface area contributed by atoms with Crippen molar-refractivity contribution in [2.75, 3.05) is 46.1 Å². The van der Waals surface area contributed by atoms with E-state index in [0.717, 1.165) is 12.8 Å². The largest absolute Gasteiger partial charge is 0.465 e. The fraction of sp³-hybridized carbons (Fsp3) is 0.917. The number of hydrogen-bond acceptors (Lipinski definition) is 5. The van der Waals surface area contributed by atoms with Crippen LogP contribution in [0.25, 0.3) is 0 Å². The number of nitrogens with zero attached hydrogens (tertiary/aromatic N) is 2. The number of piperidine rings is 1. The molecule has 0 amide bonds. The molecule has 0 aliphatic carbocycles. The van der Waals surface area contributed by atoms with E-state index in [-0.39, 0.29) is 18.4 Å². The topological polar surface area (TPSA) is 66.9 Å². The summed E-state index contributed by atoms with van der Waals surface area (Å²) < 4.78 is 29.5. The Balaban J connectivity index is 2.42. The van der Waals surface area contributed by atoms with Gasteiger partial charge in [-0.3, -0.25) is 9.69 Å². The quantitative estimate of drug-likeness (QED) is 0.652. The Morgan fingerprint density at radius 1 is 1.47 bits per heavy atom. The van der Waals surface area contributed by atoms with Crippen molar-refractivity contribution in [3.05, 3.63) is 0 Å². The molecule has 1 rings (SSSR count). The van der Waals surface area contributed by atoms with Crippen molar-refractivity contribution in [2.45, 2.75) is 19.8 Å². The molecular formula is C12H24N2O4S. The fourth-order valence-corrected chi connectivity index (χ4v) is 3.35. The minimum Gasteiger partial charge on any atom is -0.465 e. The van der Waals surface area contributed by atoms with Gasteiger partial charge in [0.15, 0.2) is 0 Å². The van der Waals surface area contributed by atoms with E-state index in [1.54, 1.807) is 6.92 Å². The van der Waals surface area contributed by atoms with E-state index >= 15 is 0 Å². The molecule has 1 unspecified atom stereocenters. The average molecular weight is 292 g/mol. The van der Waals surface area contributed by atoms with E-state index in [9.17, 15) is 13.2 Å². The van der Waals surface area contributed by atoms with Crippen LogP contribution < -0.4 is 0 Å². The molecule has 1 heterocycles. The molecule has 1 aliphatic heterocycles. The zero-order chi connectivity index (χ0) is 14.5. The second kappa shape index (κ2) is 7.21. The van der Waals surface area contributed by atoms with Crippen LogP contribution in [0.3, 0.4) is 0 Å². The number of ether oxygens (including phenoxy) is 1. The Kier molecular flexibility index (Phi) is 6.22. The highest BCUT2D eigenvalue weighted by Crippen LogP contribution is 2.19. The van der Waals surface area contributed by atoms with E-state index in [4.69, 9.17) is 4.74 Å². The number of hydrogen-bond donors (Lipinski definition) is 0. The highest BCUT2D eigenvalue weighted by atomic mass is 32.2. The van der Waals surface area contributed by atoms with Gasteiger partial charge in [0.25, 0.3) is 0 Å². The smallest absolute Gasteiger partial charge is 0.320 e. The highest BCUT2D eigenvalue weighted by molar-refractivity contribution is 7.88. The van der Waals surface area contributed by atoms with Crippen LogP contribution in [0.15, 0.2) is 0 Å². The first-order valence-electron chi connectivity index (χ1n) is 6.62. The van der Waals surface area contributed by atoms with Gasteiger partial charge in [-0.15, -0.1) is 0 Å². The van der Waals surface area contributed by atoms with Crippen molar-refractivity contribution < 1.29 is 17.9 Å². The standard InChI is InChI=1S/C12H24N2O4S/c1-4-18-12(15)10-13(2)8-11-6-5-7-14(9-11)19(3,16)17/h11H,4-10H2,1-3H3. The first kappa shape index (κ1) is 16.4. The molecule has 1 atom stereocenters. The predicted molar refractivity (Wildman–Crippen MR) is 73.3 cm³/mol. The molecular weight excluding hydrogens is 268 g/mol. The van der Waals surface area contributed by atoms with Gasteiger partial charge in [-0.25, -0.2) is 12.7 Å². The maximum atomic E-state index is 11.5. The Labute approximate surface area is 115 Å². The number of carbonyl (C=O) groups excluding carboxylic acids is 1. The van der Waals surface area contributed by atoms with Crippen molar-refractivity contribution in [3.8, 4) is 0 Å². The zero-order valence-electron chi connectivity index (χ0n) is 12.0. The van der Waals surface area contributed by atoms with Crippen molar-refractivity contribution in [3.63, 3.8) is 0 Å². The summed E-state index contributed by atoms with van der Waals surface area (Å²) in [6.45, 7) is 4.29. The van der Waals surface area contributed by atoms with E-state index in [2.05, 4.69) is 0 Å². The van der Waals surface area contributed by atoms with Gasteiger partial charge in [-0.05, 0) is 32.7 Å². The minimum atomic E-state index is -3.10. The molecule has 19 heavy (non-hydrogen) atoms. The second-order valence-electron chi connectivity index (χ2n) is 5.13. The van der Waals surface area contributed by atoms with Gasteiger partial charge in [-0.1, -0.05) is 0 Å². The van der Waals surface area contributed by atoms with E-state index in [1.807, 2.05) is 11.9 Å². The molecule has 0 aromatic rings. The number of esters is 1. The van der Waals surface area contributed by atoms with Gasteiger partial charge in [-0.2, -0.15) is 0 Å². The summed E-state index contributed by atoms with van der Waals surface area (Å²) in [5.74, 6) is 0.0451. The van der Waals surface area contributed by atoms with Crippen LogP contribution in [0.2, 0.25) is 0 Å². The average Bonchev–Trinajstić information content (AvgIpc) is 2.28. The van der Waals surface area contributed by atoms with Gasteiger partial charge < -0.3 is 4.74 Å². The third-order valence-corrected chi connectivity index (χ3v) is 4.49. The summed E-state index contributed by atoms with van der Waals surface area (Å²) in [5.41, 5.74) is 0. The Morgan fingerprint density at radius 3 is 2.74 bits per heavy atom. The molecule has 1 fully saturated rings. The Hall–Kier alpha value is -0.660. The van der Waals surface area contributed by atoms with Gasteiger partial charge in [0.05, 0.1) is 19.4 Å². The number of rotatable bonds is 6. The number of carbonyl (C=O) groups is 1. The SMILES string of the molecule is CCOC(=O)CN(C)CC1CCCN(S(C)(=O)=O)C1. The maximum Gasteiger partial charge on any atom is 0.320 e. The summed E-state index contributed by atoms with van der Waals surface area (Å²) >= 11 is 0. The first-order chi connectivity index (χ1) is 8.82. The van der Waals surface area contributed by atoms with Crippen LogP contribution in [-0.2, 0) is 19.6 Å². The normalized spacial score (nSPS) is 21.6.